The van der Waals surface area contributed by atoms with Gasteiger partial charge in [-0.2, -0.15) is 0 Å². The Balaban J connectivity index is 2.33. The number of nitrogens with one attached hydrogen (secondary N) is 2. The lowest BCUT2D eigenvalue weighted by molar-refractivity contribution is -0.137. The highest BCUT2D eigenvalue weighted by Gasteiger charge is 2.23. The van der Waals surface area contributed by atoms with E-state index >= 15 is 0 Å². The second-order valence-corrected chi connectivity index (χ2v) is 5.29. The van der Waals surface area contributed by atoms with Gasteiger partial charge in [-0.25, -0.2) is 4.79 Å². The number of urea groups is 1. The Hall–Kier alpha value is -1.30. The van der Waals surface area contributed by atoms with Gasteiger partial charge in [0, 0.05) is 25.6 Å². The lowest BCUT2D eigenvalue weighted by Crippen LogP contribution is -2.49. The molecule has 6 heteroatoms. The molecule has 1 rings (SSSR count). The van der Waals surface area contributed by atoms with E-state index in [1.54, 1.807) is 0 Å². The fourth-order valence-electron chi connectivity index (χ4n) is 2.42. The number of carbonyl (C=O) groups excluding carboxylic acids is 1. The predicted octanol–water partition coefficient (Wildman–Crippen LogP) is 0.881. The number of hydrogen-bond donors (Lipinski definition) is 3. The smallest absolute Gasteiger partial charge is 0.317 e. The van der Waals surface area contributed by atoms with E-state index in [4.69, 9.17) is 5.11 Å². The van der Waals surface area contributed by atoms with Gasteiger partial charge in [-0.3, -0.25) is 4.79 Å². The van der Waals surface area contributed by atoms with Crippen molar-refractivity contribution in [3.63, 3.8) is 0 Å². The van der Waals surface area contributed by atoms with Crippen LogP contribution in [0.4, 0.5) is 4.79 Å². The van der Waals surface area contributed by atoms with Crippen LogP contribution >= 0.6 is 0 Å². The van der Waals surface area contributed by atoms with Gasteiger partial charge in [0.25, 0.3) is 0 Å². The average molecular weight is 271 g/mol. The van der Waals surface area contributed by atoms with Crippen LogP contribution in [0.5, 0.6) is 0 Å². The second-order valence-electron chi connectivity index (χ2n) is 5.29. The molecule has 2 amide bonds. The Morgan fingerprint density at radius 1 is 1.47 bits per heavy atom. The molecule has 110 valence electrons. The number of likely N-dealkylation sites (tertiary alicyclic amines) is 1. The van der Waals surface area contributed by atoms with Crippen molar-refractivity contribution < 1.29 is 14.7 Å². The zero-order valence-corrected chi connectivity index (χ0v) is 11.8. The summed E-state index contributed by atoms with van der Waals surface area (Å²) in [5.74, 6) is -0.313. The minimum absolute atomic E-state index is 0.0707. The predicted molar refractivity (Wildman–Crippen MR) is 73.1 cm³/mol. The van der Waals surface area contributed by atoms with Crippen LogP contribution in [0.25, 0.3) is 0 Å². The van der Waals surface area contributed by atoms with Gasteiger partial charge >= 0.3 is 12.0 Å². The number of amides is 2. The Bertz CT molecular complexity index is 308. The molecule has 0 spiro atoms. The van der Waals surface area contributed by atoms with E-state index in [0.717, 1.165) is 32.5 Å². The molecule has 0 saturated carbocycles. The first-order valence-electron chi connectivity index (χ1n) is 6.94. The fourth-order valence-corrected chi connectivity index (χ4v) is 2.42. The van der Waals surface area contributed by atoms with Crippen LogP contribution in [-0.2, 0) is 4.79 Å². The molecule has 0 aromatic carbocycles. The van der Waals surface area contributed by atoms with E-state index in [1.807, 2.05) is 18.9 Å². The quantitative estimate of drug-likeness (QED) is 0.670. The molecule has 2 atom stereocenters. The van der Waals surface area contributed by atoms with Gasteiger partial charge in [0.15, 0.2) is 0 Å². The van der Waals surface area contributed by atoms with Gasteiger partial charge < -0.3 is 20.6 Å². The third-order valence-corrected chi connectivity index (χ3v) is 3.46. The van der Waals surface area contributed by atoms with Crippen molar-refractivity contribution in [1.29, 1.82) is 0 Å². The van der Waals surface area contributed by atoms with E-state index in [0.29, 0.717) is 12.3 Å². The molecule has 0 aromatic heterocycles. The van der Waals surface area contributed by atoms with Crippen LogP contribution in [0.3, 0.4) is 0 Å². The number of aliphatic carboxylic acids is 1. The van der Waals surface area contributed by atoms with Gasteiger partial charge in [0.05, 0.1) is 0 Å². The Morgan fingerprint density at radius 3 is 2.84 bits per heavy atom. The largest absolute Gasteiger partial charge is 0.481 e. The van der Waals surface area contributed by atoms with Crippen molar-refractivity contribution in [3.05, 3.63) is 0 Å². The standard InChI is InChI=1S/C13H25N3O3/c1-10(5-6-12(17)18)15-13(19)16-7-3-4-11(9-16)8-14-2/h10-11,14H,3-9H2,1-2H3,(H,15,19)(H,17,18). The van der Waals surface area contributed by atoms with Crippen molar-refractivity contribution in [2.45, 2.75) is 38.6 Å². The topological polar surface area (TPSA) is 81.7 Å². The normalized spacial score (nSPS) is 20.9. The Kier molecular flexibility index (Phi) is 6.62. The van der Waals surface area contributed by atoms with Gasteiger partial charge in [-0.1, -0.05) is 0 Å². The van der Waals surface area contributed by atoms with Crippen LogP contribution < -0.4 is 10.6 Å². The summed E-state index contributed by atoms with van der Waals surface area (Å²) in [6.45, 7) is 4.34. The van der Waals surface area contributed by atoms with E-state index in [1.165, 1.54) is 0 Å². The molecule has 1 fully saturated rings. The molecule has 19 heavy (non-hydrogen) atoms. The molecule has 2 unspecified atom stereocenters. The highest BCUT2D eigenvalue weighted by molar-refractivity contribution is 5.74. The molecule has 0 radical (unpaired) electrons. The molecule has 1 saturated heterocycles. The highest BCUT2D eigenvalue weighted by atomic mass is 16.4. The first-order valence-corrected chi connectivity index (χ1v) is 6.94. The number of hydrogen-bond acceptors (Lipinski definition) is 3. The molecule has 0 bridgehead atoms. The zero-order chi connectivity index (χ0) is 14.3. The van der Waals surface area contributed by atoms with E-state index in [9.17, 15) is 9.59 Å². The van der Waals surface area contributed by atoms with Crippen molar-refractivity contribution in [1.82, 2.24) is 15.5 Å². The van der Waals surface area contributed by atoms with Crippen molar-refractivity contribution in [2.75, 3.05) is 26.7 Å². The molecule has 3 N–H and O–H groups in total. The van der Waals surface area contributed by atoms with Gasteiger partial charge in [0.2, 0.25) is 0 Å². The average Bonchev–Trinajstić information content (AvgIpc) is 2.37. The number of nitrogens with zero attached hydrogens (tertiary/aromatic N) is 1. The Labute approximate surface area is 114 Å². The maximum atomic E-state index is 12.0. The van der Waals surface area contributed by atoms with Gasteiger partial charge in [-0.15, -0.1) is 0 Å². The molecule has 1 aliphatic heterocycles. The molecular weight excluding hydrogens is 246 g/mol. The maximum absolute atomic E-state index is 12.0. The number of rotatable bonds is 6. The summed E-state index contributed by atoms with van der Waals surface area (Å²) in [6.07, 6.45) is 2.74. The maximum Gasteiger partial charge on any atom is 0.317 e. The highest BCUT2D eigenvalue weighted by Crippen LogP contribution is 2.15. The van der Waals surface area contributed by atoms with E-state index < -0.39 is 5.97 Å². The van der Waals surface area contributed by atoms with Crippen molar-refractivity contribution >= 4 is 12.0 Å². The summed E-state index contributed by atoms with van der Waals surface area (Å²) in [5, 5.41) is 14.6. The first-order chi connectivity index (χ1) is 9.02. The minimum Gasteiger partial charge on any atom is -0.481 e. The summed E-state index contributed by atoms with van der Waals surface area (Å²) in [7, 11) is 1.92. The zero-order valence-electron chi connectivity index (χ0n) is 11.8. The third kappa shape index (κ3) is 5.92. The number of carboxylic acid groups (broad SMARTS) is 1. The second kappa shape index (κ2) is 7.99. The number of piperidine rings is 1. The summed E-state index contributed by atoms with van der Waals surface area (Å²) in [4.78, 5) is 24.4. The van der Waals surface area contributed by atoms with Crippen LogP contribution in [0.15, 0.2) is 0 Å². The Morgan fingerprint density at radius 2 is 2.21 bits per heavy atom. The summed E-state index contributed by atoms with van der Waals surface area (Å²) in [5.41, 5.74) is 0. The van der Waals surface area contributed by atoms with Crippen molar-refractivity contribution in [2.24, 2.45) is 5.92 Å². The fraction of sp³-hybridized carbons (Fsp3) is 0.846. The lowest BCUT2D eigenvalue weighted by Gasteiger charge is -2.33. The minimum atomic E-state index is -0.826. The molecule has 1 heterocycles. The molecule has 1 aliphatic rings. The lowest BCUT2D eigenvalue weighted by atomic mass is 9.98. The van der Waals surface area contributed by atoms with Gasteiger partial charge in [-0.05, 0) is 45.7 Å². The van der Waals surface area contributed by atoms with Crippen LogP contribution in [-0.4, -0.2) is 54.7 Å². The van der Waals surface area contributed by atoms with Crippen LogP contribution in [0.1, 0.15) is 32.6 Å². The summed E-state index contributed by atoms with van der Waals surface area (Å²) < 4.78 is 0. The molecule has 6 nitrogen and oxygen atoms in total. The van der Waals surface area contributed by atoms with E-state index in [2.05, 4.69) is 10.6 Å². The van der Waals surface area contributed by atoms with Crippen LogP contribution in [0.2, 0.25) is 0 Å². The monoisotopic (exact) mass is 271 g/mol. The number of carboxylic acids is 1. The van der Waals surface area contributed by atoms with Crippen LogP contribution in [0, 0.1) is 5.92 Å². The van der Waals surface area contributed by atoms with Gasteiger partial charge in [0.1, 0.15) is 0 Å². The molecule has 0 aliphatic carbocycles. The molecule has 0 aromatic rings. The summed E-state index contributed by atoms with van der Waals surface area (Å²) in [6, 6.07) is -0.174. The number of carbonyl (C=O) groups is 2. The summed E-state index contributed by atoms with van der Waals surface area (Å²) >= 11 is 0. The first kappa shape index (κ1) is 15.8. The van der Waals surface area contributed by atoms with Crippen molar-refractivity contribution in [3.8, 4) is 0 Å². The third-order valence-electron chi connectivity index (χ3n) is 3.46. The SMILES string of the molecule is CNCC1CCCN(C(=O)NC(C)CCC(=O)O)C1. The van der Waals surface area contributed by atoms with E-state index in [-0.39, 0.29) is 18.5 Å². The molecular formula is C13H25N3O3.